The van der Waals surface area contributed by atoms with Gasteiger partial charge in [0.25, 0.3) is 0 Å². The number of allylic oxidation sites excluding steroid dienone is 1. The minimum Gasteiger partial charge on any atom is -0.354 e. The summed E-state index contributed by atoms with van der Waals surface area (Å²) in [5.74, 6) is 2.94. The Hall–Kier alpha value is -1.30. The molecule has 3 rings (SSSR count). The molecule has 3 nitrogen and oxygen atoms in total. The fourth-order valence-corrected chi connectivity index (χ4v) is 6.35. The average Bonchev–Trinajstić information content (AvgIpc) is 2.53. The van der Waals surface area contributed by atoms with E-state index in [9.17, 15) is 4.79 Å². The summed E-state index contributed by atoms with van der Waals surface area (Å²) in [6.07, 6.45) is 10.2. The summed E-state index contributed by atoms with van der Waals surface area (Å²) < 4.78 is 0. The van der Waals surface area contributed by atoms with Crippen LogP contribution in [0.3, 0.4) is 0 Å². The number of fused-ring (bicyclic) bond motifs is 3. The summed E-state index contributed by atoms with van der Waals surface area (Å²) >= 11 is 0. The average molecular weight is 329 g/mol. The molecule has 1 amide bonds. The molecule has 0 spiro atoms. The molecule has 0 radical (unpaired) electrons. The molecule has 0 aromatic heterocycles. The third-order valence-electron chi connectivity index (χ3n) is 7.54. The van der Waals surface area contributed by atoms with E-state index in [1.165, 1.54) is 31.3 Å². The second-order valence-electron chi connectivity index (χ2n) is 8.72. The van der Waals surface area contributed by atoms with Gasteiger partial charge in [-0.15, -0.1) is 0 Å². The SMILES string of the molecule is C=C1CC[C@H]2[C@@H](CC[C@H]3C[C@H](NC(C)=O)CC[C@@]32C)[C@@H]1CCC#N. The van der Waals surface area contributed by atoms with E-state index in [0.29, 0.717) is 23.8 Å². The van der Waals surface area contributed by atoms with Crippen molar-refractivity contribution in [2.75, 3.05) is 0 Å². The van der Waals surface area contributed by atoms with Crippen molar-refractivity contribution in [2.24, 2.45) is 29.1 Å². The van der Waals surface area contributed by atoms with Gasteiger partial charge in [0.05, 0.1) is 6.07 Å². The van der Waals surface area contributed by atoms with Crippen LogP contribution in [0.15, 0.2) is 12.2 Å². The summed E-state index contributed by atoms with van der Waals surface area (Å²) in [4.78, 5) is 11.4. The summed E-state index contributed by atoms with van der Waals surface area (Å²) in [5, 5.41) is 12.2. The summed E-state index contributed by atoms with van der Waals surface area (Å²) in [5.41, 5.74) is 1.82. The fraction of sp³-hybridized carbons (Fsp3) is 0.810. The van der Waals surface area contributed by atoms with Gasteiger partial charge >= 0.3 is 0 Å². The molecule has 0 heterocycles. The highest BCUT2D eigenvalue weighted by Gasteiger charge is 2.53. The van der Waals surface area contributed by atoms with E-state index in [1.807, 2.05) is 0 Å². The molecule has 3 aliphatic carbocycles. The molecule has 0 aromatic rings. The molecule has 0 unspecified atom stereocenters. The maximum absolute atomic E-state index is 11.4. The van der Waals surface area contributed by atoms with Gasteiger partial charge in [-0.2, -0.15) is 5.26 Å². The number of nitriles is 1. The molecule has 3 heteroatoms. The Morgan fingerprint density at radius 2 is 2.17 bits per heavy atom. The number of hydrogen-bond acceptors (Lipinski definition) is 2. The van der Waals surface area contributed by atoms with Crippen molar-refractivity contribution in [3.63, 3.8) is 0 Å². The smallest absolute Gasteiger partial charge is 0.217 e. The molecular formula is C21H32N2O. The second kappa shape index (κ2) is 6.90. The van der Waals surface area contributed by atoms with E-state index < -0.39 is 0 Å². The van der Waals surface area contributed by atoms with Gasteiger partial charge in [-0.1, -0.05) is 19.1 Å². The first kappa shape index (κ1) is 17.5. The van der Waals surface area contributed by atoms with Crippen molar-refractivity contribution in [3.05, 3.63) is 12.2 Å². The third kappa shape index (κ3) is 3.13. The summed E-state index contributed by atoms with van der Waals surface area (Å²) in [7, 11) is 0. The van der Waals surface area contributed by atoms with Gasteiger partial charge in [0.1, 0.15) is 0 Å². The van der Waals surface area contributed by atoms with Crippen molar-refractivity contribution < 1.29 is 4.79 Å². The summed E-state index contributed by atoms with van der Waals surface area (Å²) in [6.45, 7) is 8.51. The van der Waals surface area contributed by atoms with Crippen LogP contribution in [0.1, 0.15) is 71.6 Å². The fourth-order valence-electron chi connectivity index (χ4n) is 6.35. The number of carbonyl (C=O) groups is 1. The molecule has 132 valence electrons. The van der Waals surface area contributed by atoms with Crippen molar-refractivity contribution in [1.29, 1.82) is 5.26 Å². The lowest BCUT2D eigenvalue weighted by Gasteiger charge is -2.58. The van der Waals surface area contributed by atoms with Crippen LogP contribution in [0.4, 0.5) is 0 Å². The van der Waals surface area contributed by atoms with Crippen LogP contribution in [-0.2, 0) is 4.79 Å². The van der Waals surface area contributed by atoms with Gasteiger partial charge < -0.3 is 5.32 Å². The van der Waals surface area contributed by atoms with Gasteiger partial charge in [-0.3, -0.25) is 4.79 Å². The molecule has 0 saturated heterocycles. The number of nitrogens with zero attached hydrogens (tertiary/aromatic N) is 1. The van der Waals surface area contributed by atoms with Crippen LogP contribution in [0.5, 0.6) is 0 Å². The molecule has 0 bridgehead atoms. The molecule has 0 aliphatic heterocycles. The Morgan fingerprint density at radius 1 is 1.38 bits per heavy atom. The van der Waals surface area contributed by atoms with Gasteiger partial charge in [-0.05, 0) is 80.5 Å². The number of carbonyl (C=O) groups excluding carboxylic acids is 1. The topological polar surface area (TPSA) is 52.9 Å². The molecule has 1 N–H and O–H groups in total. The van der Waals surface area contributed by atoms with Gasteiger partial charge in [-0.25, -0.2) is 0 Å². The molecular weight excluding hydrogens is 296 g/mol. The van der Waals surface area contributed by atoms with E-state index in [2.05, 4.69) is 24.9 Å². The molecule has 3 saturated carbocycles. The number of hydrogen-bond donors (Lipinski definition) is 1. The minimum absolute atomic E-state index is 0.114. The lowest BCUT2D eigenvalue weighted by Crippen LogP contribution is -2.53. The quantitative estimate of drug-likeness (QED) is 0.770. The highest BCUT2D eigenvalue weighted by molar-refractivity contribution is 5.73. The van der Waals surface area contributed by atoms with Gasteiger partial charge in [0.15, 0.2) is 0 Å². The number of amides is 1. The zero-order chi connectivity index (χ0) is 17.3. The first-order valence-electron chi connectivity index (χ1n) is 9.77. The highest BCUT2D eigenvalue weighted by atomic mass is 16.1. The lowest BCUT2D eigenvalue weighted by atomic mass is 9.47. The Morgan fingerprint density at radius 3 is 2.88 bits per heavy atom. The third-order valence-corrected chi connectivity index (χ3v) is 7.54. The van der Waals surface area contributed by atoms with Crippen LogP contribution < -0.4 is 5.32 Å². The Labute approximate surface area is 146 Å². The molecule has 0 aromatic carbocycles. The van der Waals surface area contributed by atoms with Crippen molar-refractivity contribution in [3.8, 4) is 6.07 Å². The van der Waals surface area contributed by atoms with Crippen LogP contribution >= 0.6 is 0 Å². The standard InChI is InChI=1S/C21H32N2O/c1-14-6-9-20-19(18(14)5-4-12-22)8-7-16-13-17(23-15(2)24)10-11-21(16,20)3/h16-20H,1,4-11,13H2,2-3H3,(H,23,24)/t16-,17+,18+,19-,20-,21-/m0/s1. The van der Waals surface area contributed by atoms with Crippen LogP contribution in [-0.4, -0.2) is 11.9 Å². The summed E-state index contributed by atoms with van der Waals surface area (Å²) in [6, 6.07) is 2.72. The lowest BCUT2D eigenvalue weighted by molar-refractivity contribution is -0.121. The van der Waals surface area contributed by atoms with E-state index >= 15 is 0 Å². The van der Waals surface area contributed by atoms with E-state index in [-0.39, 0.29) is 5.91 Å². The second-order valence-corrected chi connectivity index (χ2v) is 8.72. The van der Waals surface area contributed by atoms with Gasteiger partial charge in [0.2, 0.25) is 5.91 Å². The monoisotopic (exact) mass is 328 g/mol. The van der Waals surface area contributed by atoms with E-state index in [4.69, 9.17) is 5.26 Å². The predicted octanol–water partition coefficient (Wildman–Crippen LogP) is 4.59. The zero-order valence-electron chi connectivity index (χ0n) is 15.3. The van der Waals surface area contributed by atoms with Crippen LogP contribution in [0, 0.1) is 40.4 Å². The highest BCUT2D eigenvalue weighted by Crippen LogP contribution is 2.61. The van der Waals surface area contributed by atoms with Gasteiger partial charge in [0, 0.05) is 19.4 Å². The van der Waals surface area contributed by atoms with Crippen molar-refractivity contribution >= 4 is 5.91 Å². The molecule has 3 fully saturated rings. The molecule has 6 atom stereocenters. The Bertz CT molecular complexity index is 549. The Kier molecular flexibility index (Phi) is 5.04. The molecule has 3 aliphatic rings. The molecule has 24 heavy (non-hydrogen) atoms. The first-order chi connectivity index (χ1) is 11.5. The van der Waals surface area contributed by atoms with Crippen molar-refractivity contribution in [2.45, 2.75) is 77.7 Å². The number of rotatable bonds is 3. The largest absolute Gasteiger partial charge is 0.354 e. The van der Waals surface area contributed by atoms with Crippen LogP contribution in [0.25, 0.3) is 0 Å². The maximum atomic E-state index is 11.4. The van der Waals surface area contributed by atoms with Crippen LogP contribution in [0.2, 0.25) is 0 Å². The normalized spacial score (nSPS) is 41.7. The number of nitrogens with one attached hydrogen (secondary N) is 1. The first-order valence-corrected chi connectivity index (χ1v) is 9.77. The van der Waals surface area contributed by atoms with Crippen molar-refractivity contribution in [1.82, 2.24) is 5.32 Å². The van der Waals surface area contributed by atoms with E-state index in [0.717, 1.165) is 43.4 Å². The predicted molar refractivity (Wildman–Crippen MR) is 96.0 cm³/mol. The van der Waals surface area contributed by atoms with E-state index in [1.54, 1.807) is 6.92 Å². The Balaban J connectivity index is 1.75. The maximum Gasteiger partial charge on any atom is 0.217 e. The minimum atomic E-state index is 0.114. The zero-order valence-corrected chi connectivity index (χ0v) is 15.3.